The third-order valence-electron chi connectivity index (χ3n) is 8.57. The summed E-state index contributed by atoms with van der Waals surface area (Å²) < 4.78 is 5.64. The van der Waals surface area contributed by atoms with Gasteiger partial charge in [0, 0.05) is 47.5 Å². The summed E-state index contributed by atoms with van der Waals surface area (Å²) in [5, 5.41) is 6.86. The van der Waals surface area contributed by atoms with Crippen LogP contribution in [0.15, 0.2) is 60.7 Å². The number of hydrogen-bond donors (Lipinski definition) is 2. The lowest BCUT2D eigenvalue weighted by atomic mass is 10.0. The maximum Gasteiger partial charge on any atom is 0.262 e. The Labute approximate surface area is 268 Å². The van der Waals surface area contributed by atoms with Crippen molar-refractivity contribution in [1.29, 1.82) is 0 Å². The van der Waals surface area contributed by atoms with Crippen molar-refractivity contribution < 1.29 is 19.1 Å². The molecule has 232 valence electrons. The van der Waals surface area contributed by atoms with E-state index in [-0.39, 0.29) is 30.2 Å². The Kier molecular flexibility index (Phi) is 10.5. The highest BCUT2D eigenvalue weighted by Gasteiger charge is 2.33. The van der Waals surface area contributed by atoms with Gasteiger partial charge < -0.3 is 25.2 Å². The first-order valence-corrected chi connectivity index (χ1v) is 15.8. The van der Waals surface area contributed by atoms with Crippen LogP contribution in [0.5, 0.6) is 5.75 Å². The number of hydrogen-bond acceptors (Lipinski definition) is 5. The lowest BCUT2D eigenvalue weighted by Crippen LogP contribution is -2.43. The molecular weight excluding hydrogens is 599 g/mol. The molecule has 0 aromatic heterocycles. The van der Waals surface area contributed by atoms with Crippen LogP contribution in [-0.2, 0) is 11.2 Å². The fourth-order valence-corrected chi connectivity index (χ4v) is 6.66. The standard InChI is InChI=1S/C34H38Cl2N4O4/c1-39-18-6-9-25(39)16-17-37-32(41)21-26-8-5-7-22-19-23(35)12-15-30(22)40(26)34(43)28-14-13-24(20-31(28)44-2)38-33(42)27-10-3-4-11-29(27)36/h3-4,10-15,19-20,25-26H,5-9,16-18,21H2,1-2H3,(H,37,41)(H,38,42). The van der Waals surface area contributed by atoms with E-state index in [4.69, 9.17) is 27.9 Å². The minimum absolute atomic E-state index is 0.0736. The van der Waals surface area contributed by atoms with E-state index in [1.54, 1.807) is 53.4 Å². The molecule has 3 aromatic carbocycles. The molecule has 0 aliphatic carbocycles. The molecule has 8 nitrogen and oxygen atoms in total. The summed E-state index contributed by atoms with van der Waals surface area (Å²) in [6, 6.07) is 17.3. The molecule has 5 rings (SSSR count). The SMILES string of the molecule is COc1cc(NC(=O)c2ccccc2Cl)ccc1C(=O)N1c2ccc(Cl)cc2CCCC1CC(=O)NCCC1CCCN1C. The molecule has 2 unspecified atom stereocenters. The predicted molar refractivity (Wildman–Crippen MR) is 175 cm³/mol. The van der Waals surface area contributed by atoms with E-state index < -0.39 is 0 Å². The van der Waals surface area contributed by atoms with Crippen LogP contribution in [0.1, 0.15) is 64.8 Å². The molecule has 0 saturated carbocycles. The topological polar surface area (TPSA) is 91.0 Å². The fourth-order valence-electron chi connectivity index (χ4n) is 6.24. The van der Waals surface area contributed by atoms with Gasteiger partial charge in [0.25, 0.3) is 11.8 Å². The van der Waals surface area contributed by atoms with Gasteiger partial charge in [-0.05, 0) is 100 Å². The number of amides is 3. The first kappa shape index (κ1) is 31.8. The normalized spacial score (nSPS) is 18.3. The van der Waals surface area contributed by atoms with E-state index in [1.165, 1.54) is 13.5 Å². The van der Waals surface area contributed by atoms with Gasteiger partial charge in [0.05, 0.1) is 23.3 Å². The Morgan fingerprint density at radius 1 is 0.955 bits per heavy atom. The molecule has 0 bridgehead atoms. The van der Waals surface area contributed by atoms with Crippen LogP contribution in [0.2, 0.25) is 10.0 Å². The number of carbonyl (C=O) groups excluding carboxylic acids is 3. The fraction of sp³-hybridized carbons (Fsp3) is 0.382. The summed E-state index contributed by atoms with van der Waals surface area (Å²) in [4.78, 5) is 44.5. The van der Waals surface area contributed by atoms with Crippen molar-refractivity contribution in [2.75, 3.05) is 37.5 Å². The Balaban J connectivity index is 1.38. The van der Waals surface area contributed by atoms with Gasteiger partial charge in [0.15, 0.2) is 0 Å². The second-order valence-corrected chi connectivity index (χ2v) is 12.3. The number of ether oxygens (including phenoxy) is 1. The van der Waals surface area contributed by atoms with Gasteiger partial charge in [-0.25, -0.2) is 0 Å². The zero-order valence-corrected chi connectivity index (χ0v) is 26.6. The van der Waals surface area contributed by atoms with Crippen molar-refractivity contribution in [2.24, 2.45) is 0 Å². The smallest absolute Gasteiger partial charge is 0.262 e. The van der Waals surface area contributed by atoms with Crippen LogP contribution < -0.4 is 20.3 Å². The summed E-state index contributed by atoms with van der Waals surface area (Å²) in [6.07, 6.45) is 5.65. The molecule has 44 heavy (non-hydrogen) atoms. The molecule has 1 fully saturated rings. The van der Waals surface area contributed by atoms with Crippen molar-refractivity contribution in [3.8, 4) is 5.75 Å². The second kappa shape index (κ2) is 14.5. The van der Waals surface area contributed by atoms with Crippen LogP contribution in [0, 0.1) is 0 Å². The van der Waals surface area contributed by atoms with Gasteiger partial charge in [-0.3, -0.25) is 14.4 Å². The number of fused-ring (bicyclic) bond motifs is 1. The number of aryl methyl sites for hydroxylation is 1. The molecule has 2 aliphatic heterocycles. The number of benzene rings is 3. The van der Waals surface area contributed by atoms with E-state index in [1.807, 2.05) is 12.1 Å². The maximum atomic E-state index is 14.4. The van der Waals surface area contributed by atoms with Crippen molar-refractivity contribution in [1.82, 2.24) is 10.2 Å². The first-order valence-electron chi connectivity index (χ1n) is 15.1. The molecule has 2 aliphatic rings. The third-order valence-corrected chi connectivity index (χ3v) is 9.13. The quantitative estimate of drug-likeness (QED) is 0.276. The number of methoxy groups -OCH3 is 1. The highest BCUT2D eigenvalue weighted by atomic mass is 35.5. The van der Waals surface area contributed by atoms with Crippen molar-refractivity contribution in [3.05, 3.63) is 87.4 Å². The third kappa shape index (κ3) is 7.37. The molecular formula is C34H38Cl2N4O4. The molecule has 3 aromatic rings. The monoisotopic (exact) mass is 636 g/mol. The number of nitrogens with zero attached hydrogens (tertiary/aromatic N) is 2. The summed E-state index contributed by atoms with van der Waals surface area (Å²) >= 11 is 12.5. The molecule has 10 heteroatoms. The zero-order chi connectivity index (χ0) is 31.2. The molecule has 2 N–H and O–H groups in total. The van der Waals surface area contributed by atoms with E-state index in [0.29, 0.717) is 51.6 Å². The van der Waals surface area contributed by atoms with Crippen molar-refractivity contribution in [2.45, 2.75) is 57.0 Å². The number of nitrogens with one attached hydrogen (secondary N) is 2. The van der Waals surface area contributed by atoms with E-state index in [2.05, 4.69) is 22.6 Å². The largest absolute Gasteiger partial charge is 0.496 e. The average molecular weight is 638 g/mol. The molecule has 0 spiro atoms. The van der Waals surface area contributed by atoms with E-state index in [9.17, 15) is 14.4 Å². The van der Waals surface area contributed by atoms with Crippen LogP contribution in [-0.4, -0.2) is 62.0 Å². The number of anilines is 2. The van der Waals surface area contributed by atoms with Crippen LogP contribution >= 0.6 is 23.2 Å². The van der Waals surface area contributed by atoms with Gasteiger partial charge in [-0.2, -0.15) is 0 Å². The minimum atomic E-state index is -0.374. The van der Waals surface area contributed by atoms with Crippen LogP contribution in [0.4, 0.5) is 11.4 Å². The average Bonchev–Trinajstić information content (AvgIpc) is 3.33. The second-order valence-electron chi connectivity index (χ2n) is 11.5. The molecule has 1 saturated heterocycles. The van der Waals surface area contributed by atoms with E-state index >= 15 is 0 Å². The van der Waals surface area contributed by atoms with Crippen molar-refractivity contribution >= 4 is 52.3 Å². The molecule has 0 radical (unpaired) electrons. The Morgan fingerprint density at radius 2 is 1.75 bits per heavy atom. The minimum Gasteiger partial charge on any atom is -0.496 e. The van der Waals surface area contributed by atoms with Crippen molar-refractivity contribution in [3.63, 3.8) is 0 Å². The lowest BCUT2D eigenvalue weighted by Gasteiger charge is -2.32. The Bertz CT molecular complexity index is 1530. The number of halogens is 2. The highest BCUT2D eigenvalue weighted by molar-refractivity contribution is 6.34. The van der Waals surface area contributed by atoms with Crippen LogP contribution in [0.25, 0.3) is 0 Å². The molecule has 3 amide bonds. The van der Waals surface area contributed by atoms with Gasteiger partial charge >= 0.3 is 0 Å². The van der Waals surface area contributed by atoms with Crippen LogP contribution in [0.3, 0.4) is 0 Å². The Morgan fingerprint density at radius 3 is 2.50 bits per heavy atom. The number of likely N-dealkylation sites (tertiary alicyclic amines) is 1. The zero-order valence-electron chi connectivity index (χ0n) is 25.1. The summed E-state index contributed by atoms with van der Waals surface area (Å²) in [7, 11) is 3.61. The van der Waals surface area contributed by atoms with E-state index in [0.717, 1.165) is 43.5 Å². The van der Waals surface area contributed by atoms with Gasteiger partial charge in [-0.1, -0.05) is 35.3 Å². The summed E-state index contributed by atoms with van der Waals surface area (Å²) in [5.41, 5.74) is 2.81. The summed E-state index contributed by atoms with van der Waals surface area (Å²) in [5.74, 6) is -0.437. The number of carbonyl (C=O) groups is 3. The highest BCUT2D eigenvalue weighted by Crippen LogP contribution is 2.36. The lowest BCUT2D eigenvalue weighted by molar-refractivity contribution is -0.121. The molecule has 2 atom stereocenters. The molecule has 2 heterocycles. The maximum absolute atomic E-state index is 14.4. The predicted octanol–water partition coefficient (Wildman–Crippen LogP) is 6.60. The Hall–Kier alpha value is -3.59. The van der Waals surface area contributed by atoms with Gasteiger partial charge in [-0.15, -0.1) is 0 Å². The first-order chi connectivity index (χ1) is 21.2. The van der Waals surface area contributed by atoms with Gasteiger partial charge in [0.1, 0.15) is 5.75 Å². The van der Waals surface area contributed by atoms with Gasteiger partial charge in [0.2, 0.25) is 5.91 Å². The summed E-state index contributed by atoms with van der Waals surface area (Å²) in [6.45, 7) is 1.70. The number of rotatable bonds is 9.